The van der Waals surface area contributed by atoms with Crippen molar-refractivity contribution in [1.82, 2.24) is 10.5 Å². The lowest BCUT2D eigenvalue weighted by atomic mass is 10.1. The molecule has 26 heavy (non-hydrogen) atoms. The van der Waals surface area contributed by atoms with Gasteiger partial charge < -0.3 is 15.2 Å². The fraction of sp³-hybridized carbons (Fsp3) is 0.150. The topological polar surface area (TPSA) is 84.2 Å². The van der Waals surface area contributed by atoms with E-state index in [9.17, 15) is 9.59 Å². The number of hydrogen-bond donors (Lipinski definition) is 2. The number of aromatic nitrogens is 1. The molecule has 2 N–H and O–H groups in total. The maximum Gasteiger partial charge on any atom is 0.226 e. The molecule has 0 fully saturated rings. The smallest absolute Gasteiger partial charge is 0.226 e. The zero-order valence-corrected chi connectivity index (χ0v) is 14.2. The molecule has 0 saturated carbocycles. The monoisotopic (exact) mass is 347 g/mol. The summed E-state index contributed by atoms with van der Waals surface area (Å²) in [4.78, 5) is 23.0. The highest BCUT2D eigenvalue weighted by molar-refractivity contribution is 5.88. The number of carbonyl (C=O) groups excluding carboxylic acids is 2. The van der Waals surface area contributed by atoms with Crippen LogP contribution < -0.4 is 10.6 Å². The van der Waals surface area contributed by atoms with E-state index in [1.54, 1.807) is 12.1 Å². The fourth-order valence-electron chi connectivity index (χ4n) is 2.41. The number of rotatable bonds is 4. The predicted molar refractivity (Wildman–Crippen MR) is 98.3 cm³/mol. The lowest BCUT2D eigenvalue weighted by Crippen LogP contribution is -2.25. The second kappa shape index (κ2) is 7.99. The molecule has 3 rings (SSSR count). The van der Waals surface area contributed by atoms with Crippen molar-refractivity contribution in [3.05, 3.63) is 59.8 Å². The first-order valence-electron chi connectivity index (χ1n) is 8.08. The Morgan fingerprint density at radius 2 is 1.88 bits per heavy atom. The van der Waals surface area contributed by atoms with Crippen LogP contribution in [-0.4, -0.2) is 23.5 Å². The number of nitrogens with one attached hydrogen (secondary N) is 2. The molecule has 0 aliphatic carbocycles. The first kappa shape index (κ1) is 17.2. The number of anilines is 1. The van der Waals surface area contributed by atoms with Crippen LogP contribution in [0.15, 0.2) is 53.1 Å². The molecule has 0 aliphatic heterocycles. The first-order chi connectivity index (χ1) is 12.6. The van der Waals surface area contributed by atoms with E-state index in [1.165, 1.54) is 6.92 Å². The van der Waals surface area contributed by atoms with Gasteiger partial charge in [0, 0.05) is 23.6 Å². The van der Waals surface area contributed by atoms with Crippen LogP contribution in [-0.2, 0) is 16.0 Å². The van der Waals surface area contributed by atoms with Crippen LogP contribution >= 0.6 is 0 Å². The van der Waals surface area contributed by atoms with Crippen molar-refractivity contribution >= 4 is 28.5 Å². The third-order valence-electron chi connectivity index (χ3n) is 3.59. The number of amides is 2. The molecule has 0 atom stereocenters. The normalized spacial score (nSPS) is 10.0. The van der Waals surface area contributed by atoms with Crippen LogP contribution in [0.5, 0.6) is 0 Å². The maximum absolute atomic E-state index is 12.0. The predicted octanol–water partition coefficient (Wildman–Crippen LogP) is 2.50. The largest absolute Gasteiger partial charge is 0.356 e. The lowest BCUT2D eigenvalue weighted by molar-refractivity contribution is -0.120. The molecule has 0 unspecified atom stereocenters. The molecule has 1 aromatic heterocycles. The molecule has 6 nitrogen and oxygen atoms in total. The van der Waals surface area contributed by atoms with Crippen LogP contribution in [0.1, 0.15) is 18.2 Å². The summed E-state index contributed by atoms with van der Waals surface area (Å²) in [6.45, 7) is 1.69. The van der Waals surface area contributed by atoms with Gasteiger partial charge in [0.1, 0.15) is 5.69 Å². The summed E-state index contributed by atoms with van der Waals surface area (Å²) in [7, 11) is 0. The molecule has 0 radical (unpaired) electrons. The Morgan fingerprint density at radius 3 is 2.65 bits per heavy atom. The van der Waals surface area contributed by atoms with Crippen molar-refractivity contribution in [2.45, 2.75) is 13.3 Å². The van der Waals surface area contributed by atoms with E-state index < -0.39 is 0 Å². The molecule has 3 aromatic rings. The zero-order chi connectivity index (χ0) is 18.4. The van der Waals surface area contributed by atoms with Gasteiger partial charge in [-0.25, -0.2) is 0 Å². The van der Waals surface area contributed by atoms with Gasteiger partial charge in [-0.05, 0) is 36.4 Å². The van der Waals surface area contributed by atoms with E-state index in [2.05, 4.69) is 27.6 Å². The third kappa shape index (κ3) is 4.48. The van der Waals surface area contributed by atoms with Crippen molar-refractivity contribution in [1.29, 1.82) is 0 Å². The van der Waals surface area contributed by atoms with Crippen molar-refractivity contribution in [2.75, 3.05) is 11.9 Å². The summed E-state index contributed by atoms with van der Waals surface area (Å²) < 4.78 is 5.18. The van der Waals surface area contributed by atoms with E-state index in [1.807, 2.05) is 36.4 Å². The average molecular weight is 347 g/mol. The number of nitrogens with zero attached hydrogens (tertiary/aromatic N) is 1. The molecule has 6 heteroatoms. The Morgan fingerprint density at radius 1 is 1.12 bits per heavy atom. The minimum absolute atomic E-state index is 0.119. The number of hydrogen-bond acceptors (Lipinski definition) is 4. The van der Waals surface area contributed by atoms with Gasteiger partial charge in [0.2, 0.25) is 11.8 Å². The van der Waals surface area contributed by atoms with Gasteiger partial charge in [-0.1, -0.05) is 29.1 Å². The number of benzene rings is 2. The average Bonchev–Trinajstić information content (AvgIpc) is 3.03. The standard InChI is InChI=1S/C20H17N3O3/c1-14(24)22-16-10-8-15(9-11-16)5-4-12-21-20(25)13-18-17-6-2-3-7-19(17)26-23-18/h2-3,6-11H,12-13H2,1H3,(H,21,25)(H,22,24). The van der Waals surface area contributed by atoms with Gasteiger partial charge in [-0.2, -0.15) is 0 Å². The second-order valence-electron chi connectivity index (χ2n) is 5.64. The van der Waals surface area contributed by atoms with Crippen LogP contribution in [0.2, 0.25) is 0 Å². The van der Waals surface area contributed by atoms with Gasteiger partial charge in [0.25, 0.3) is 0 Å². The minimum Gasteiger partial charge on any atom is -0.356 e. The van der Waals surface area contributed by atoms with E-state index in [-0.39, 0.29) is 24.8 Å². The molecule has 0 spiro atoms. The summed E-state index contributed by atoms with van der Waals surface area (Å²) in [6.07, 6.45) is 0.143. The van der Waals surface area contributed by atoms with E-state index in [0.29, 0.717) is 11.3 Å². The molecule has 0 aliphatic rings. The number of carbonyl (C=O) groups is 2. The lowest BCUT2D eigenvalue weighted by Gasteiger charge is -2.01. The van der Waals surface area contributed by atoms with Crippen molar-refractivity contribution in [3.8, 4) is 11.8 Å². The Balaban J connectivity index is 1.51. The summed E-state index contributed by atoms with van der Waals surface area (Å²) in [5.74, 6) is 5.57. The van der Waals surface area contributed by atoms with Gasteiger partial charge in [0.15, 0.2) is 5.58 Å². The number of fused-ring (bicyclic) bond motifs is 1. The highest BCUT2D eigenvalue weighted by Crippen LogP contribution is 2.17. The highest BCUT2D eigenvalue weighted by Gasteiger charge is 2.11. The molecule has 1 heterocycles. The van der Waals surface area contributed by atoms with Gasteiger partial charge in [-0.15, -0.1) is 0 Å². The molecular weight excluding hydrogens is 330 g/mol. The summed E-state index contributed by atoms with van der Waals surface area (Å²) in [5.41, 5.74) is 2.80. The molecule has 2 amide bonds. The summed E-state index contributed by atoms with van der Waals surface area (Å²) >= 11 is 0. The van der Waals surface area contributed by atoms with Crippen molar-refractivity contribution in [2.24, 2.45) is 0 Å². The minimum atomic E-state index is -0.167. The second-order valence-corrected chi connectivity index (χ2v) is 5.64. The molecule has 0 saturated heterocycles. The number of para-hydroxylation sites is 1. The Labute approximate surface area is 150 Å². The SMILES string of the molecule is CC(=O)Nc1ccc(C#CCNC(=O)Cc2noc3ccccc23)cc1. The van der Waals surface area contributed by atoms with Crippen LogP contribution in [0.25, 0.3) is 11.0 Å². The Hall–Kier alpha value is -3.59. The zero-order valence-electron chi connectivity index (χ0n) is 14.2. The molecule has 0 bridgehead atoms. The summed E-state index contributed by atoms with van der Waals surface area (Å²) in [5, 5.41) is 10.2. The van der Waals surface area contributed by atoms with E-state index in [4.69, 9.17) is 4.52 Å². The van der Waals surface area contributed by atoms with Gasteiger partial charge >= 0.3 is 0 Å². The molecule has 130 valence electrons. The highest BCUT2D eigenvalue weighted by atomic mass is 16.5. The quantitative estimate of drug-likeness (QED) is 0.710. The third-order valence-corrected chi connectivity index (χ3v) is 3.59. The Bertz CT molecular complexity index is 994. The maximum atomic E-state index is 12.0. The Kier molecular flexibility index (Phi) is 5.30. The molecule has 2 aromatic carbocycles. The van der Waals surface area contributed by atoms with Crippen molar-refractivity contribution in [3.63, 3.8) is 0 Å². The fourth-order valence-corrected chi connectivity index (χ4v) is 2.41. The van der Waals surface area contributed by atoms with E-state index in [0.717, 1.165) is 16.6 Å². The van der Waals surface area contributed by atoms with Crippen LogP contribution in [0, 0.1) is 11.8 Å². The van der Waals surface area contributed by atoms with Crippen LogP contribution in [0.3, 0.4) is 0 Å². The molecular formula is C20H17N3O3. The van der Waals surface area contributed by atoms with E-state index >= 15 is 0 Å². The van der Waals surface area contributed by atoms with Crippen molar-refractivity contribution < 1.29 is 14.1 Å². The first-order valence-corrected chi connectivity index (χ1v) is 8.08. The van der Waals surface area contributed by atoms with Crippen LogP contribution in [0.4, 0.5) is 5.69 Å². The summed E-state index contributed by atoms with van der Waals surface area (Å²) in [6, 6.07) is 14.6. The van der Waals surface area contributed by atoms with Gasteiger partial charge in [-0.3, -0.25) is 9.59 Å². The van der Waals surface area contributed by atoms with Gasteiger partial charge in [0.05, 0.1) is 13.0 Å².